The summed E-state index contributed by atoms with van der Waals surface area (Å²) in [6.07, 6.45) is 29.5. The predicted molar refractivity (Wildman–Crippen MR) is 124 cm³/mol. The summed E-state index contributed by atoms with van der Waals surface area (Å²) in [5, 5.41) is 0. The molecule has 0 aliphatic heterocycles. The van der Waals surface area contributed by atoms with Crippen LogP contribution in [0.1, 0.15) is 142 Å². The fourth-order valence-electron chi connectivity index (χ4n) is 3.48. The van der Waals surface area contributed by atoms with Gasteiger partial charge in [-0.1, -0.05) is 109 Å². The van der Waals surface area contributed by atoms with Gasteiger partial charge in [0.25, 0.3) is 0 Å². The Bertz CT molecular complexity index is 335. The number of hydrogen-bond acceptors (Lipinski definition) is 2. The van der Waals surface area contributed by atoms with Gasteiger partial charge < -0.3 is 4.74 Å². The van der Waals surface area contributed by atoms with E-state index in [0.29, 0.717) is 13.0 Å². The molecule has 2 nitrogen and oxygen atoms in total. The molecule has 0 bridgehead atoms. The Kier molecular flexibility index (Phi) is 23.6. The lowest BCUT2D eigenvalue weighted by Gasteiger charge is -2.05. The van der Waals surface area contributed by atoms with Crippen LogP contribution in [0.4, 0.5) is 0 Å². The molecule has 0 fully saturated rings. The number of unbranched alkanes of at least 4 members (excludes halogenated alkanes) is 16. The van der Waals surface area contributed by atoms with Crippen LogP contribution in [0.15, 0.2) is 12.2 Å². The van der Waals surface area contributed by atoms with E-state index < -0.39 is 0 Å². The van der Waals surface area contributed by atoms with Crippen molar-refractivity contribution in [2.45, 2.75) is 142 Å². The zero-order chi connectivity index (χ0) is 20.5. The number of hydrogen-bond donors (Lipinski definition) is 0. The Hall–Kier alpha value is -0.790. The van der Waals surface area contributed by atoms with Crippen molar-refractivity contribution in [3.05, 3.63) is 12.2 Å². The van der Waals surface area contributed by atoms with Gasteiger partial charge in [-0.25, -0.2) is 0 Å². The van der Waals surface area contributed by atoms with E-state index in [-0.39, 0.29) is 5.97 Å². The third kappa shape index (κ3) is 23.2. The van der Waals surface area contributed by atoms with Crippen LogP contribution < -0.4 is 0 Å². The van der Waals surface area contributed by atoms with Crippen molar-refractivity contribution < 1.29 is 9.53 Å². The molecule has 0 aromatic rings. The predicted octanol–water partition coefficient (Wildman–Crippen LogP) is 8.93. The van der Waals surface area contributed by atoms with Crippen LogP contribution in [0.25, 0.3) is 0 Å². The van der Waals surface area contributed by atoms with Crippen LogP contribution in [-0.4, -0.2) is 12.6 Å². The van der Waals surface area contributed by atoms with Crippen molar-refractivity contribution in [3.8, 4) is 0 Å². The average Bonchev–Trinajstić information content (AvgIpc) is 2.70. The molecule has 0 saturated carbocycles. The Morgan fingerprint density at radius 2 is 1.00 bits per heavy atom. The number of esters is 1. The number of carbonyl (C=O) groups is 1. The molecule has 0 unspecified atom stereocenters. The summed E-state index contributed by atoms with van der Waals surface area (Å²) < 4.78 is 5.35. The molecule has 2 heteroatoms. The van der Waals surface area contributed by atoms with E-state index in [1.807, 2.05) is 0 Å². The van der Waals surface area contributed by atoms with E-state index >= 15 is 0 Å². The minimum absolute atomic E-state index is 0.00930. The molecule has 0 aliphatic rings. The van der Waals surface area contributed by atoms with Crippen molar-refractivity contribution in [1.82, 2.24) is 0 Å². The number of allylic oxidation sites excluding steroid dienone is 2. The molecule has 0 aliphatic carbocycles. The second-order valence-electron chi connectivity index (χ2n) is 8.32. The lowest BCUT2D eigenvalue weighted by Crippen LogP contribution is -2.05. The number of rotatable bonds is 22. The monoisotopic (exact) mass is 394 g/mol. The van der Waals surface area contributed by atoms with Gasteiger partial charge in [-0.15, -0.1) is 0 Å². The summed E-state index contributed by atoms with van der Waals surface area (Å²) in [5.41, 5.74) is 0. The molecule has 0 saturated heterocycles. The molecule has 166 valence electrons. The summed E-state index contributed by atoms with van der Waals surface area (Å²) >= 11 is 0. The van der Waals surface area contributed by atoms with Crippen molar-refractivity contribution in [1.29, 1.82) is 0 Å². The zero-order valence-corrected chi connectivity index (χ0v) is 19.3. The summed E-state index contributed by atoms with van der Waals surface area (Å²) in [6.45, 7) is 5.13. The van der Waals surface area contributed by atoms with Crippen molar-refractivity contribution in [2.75, 3.05) is 6.61 Å². The summed E-state index contributed by atoms with van der Waals surface area (Å²) in [5.74, 6) is 0.00930. The Morgan fingerprint density at radius 1 is 0.571 bits per heavy atom. The zero-order valence-electron chi connectivity index (χ0n) is 19.3. The van der Waals surface area contributed by atoms with Gasteiger partial charge in [-0.3, -0.25) is 4.79 Å². The second kappa shape index (κ2) is 24.2. The van der Waals surface area contributed by atoms with E-state index in [2.05, 4.69) is 26.0 Å². The van der Waals surface area contributed by atoms with Crippen molar-refractivity contribution >= 4 is 5.97 Å². The molecule has 0 heterocycles. The summed E-state index contributed by atoms with van der Waals surface area (Å²) in [6, 6.07) is 0. The van der Waals surface area contributed by atoms with Gasteiger partial charge in [0.1, 0.15) is 0 Å². The Morgan fingerprint density at radius 3 is 1.57 bits per heavy atom. The molecular formula is C26H50O2. The van der Waals surface area contributed by atoms with Gasteiger partial charge in [0.15, 0.2) is 0 Å². The molecule has 0 amide bonds. The number of carbonyl (C=O) groups excluding carboxylic acids is 1. The third-order valence-electron chi connectivity index (χ3n) is 5.40. The molecule has 0 rings (SSSR count). The van der Waals surface area contributed by atoms with Crippen LogP contribution in [0.2, 0.25) is 0 Å². The molecular weight excluding hydrogens is 344 g/mol. The Labute approximate surface area is 176 Å². The van der Waals surface area contributed by atoms with E-state index in [1.54, 1.807) is 0 Å². The molecule has 28 heavy (non-hydrogen) atoms. The van der Waals surface area contributed by atoms with Gasteiger partial charge >= 0.3 is 5.97 Å². The molecule has 0 radical (unpaired) electrons. The van der Waals surface area contributed by atoms with Crippen LogP contribution in [0.3, 0.4) is 0 Å². The van der Waals surface area contributed by atoms with Crippen LogP contribution in [0, 0.1) is 0 Å². The fourth-order valence-corrected chi connectivity index (χ4v) is 3.48. The standard InChI is InChI=1S/C26H50O2/c1-3-5-7-9-11-12-13-14-15-16-17-19-21-23-25-28-26(27)24-22-20-18-10-8-6-4-2/h12-13H,3-11,14-25H2,1-2H3/b13-12-. The maximum Gasteiger partial charge on any atom is 0.305 e. The van der Waals surface area contributed by atoms with Crippen molar-refractivity contribution in [3.63, 3.8) is 0 Å². The summed E-state index contributed by atoms with van der Waals surface area (Å²) in [7, 11) is 0. The molecule has 0 aromatic heterocycles. The van der Waals surface area contributed by atoms with E-state index in [0.717, 1.165) is 12.8 Å². The van der Waals surface area contributed by atoms with Gasteiger partial charge in [0, 0.05) is 6.42 Å². The minimum atomic E-state index is 0.00930. The first-order chi connectivity index (χ1) is 13.8. The first-order valence-corrected chi connectivity index (χ1v) is 12.6. The largest absolute Gasteiger partial charge is 0.466 e. The highest BCUT2D eigenvalue weighted by atomic mass is 16.5. The van der Waals surface area contributed by atoms with E-state index in [9.17, 15) is 4.79 Å². The lowest BCUT2D eigenvalue weighted by atomic mass is 10.1. The lowest BCUT2D eigenvalue weighted by molar-refractivity contribution is -0.143. The SMILES string of the molecule is CCCCCC/C=C\CCCCCCCCOC(=O)CCCCCCCCC. The summed E-state index contributed by atoms with van der Waals surface area (Å²) in [4.78, 5) is 11.7. The first-order valence-electron chi connectivity index (χ1n) is 12.6. The highest BCUT2D eigenvalue weighted by molar-refractivity contribution is 5.69. The first kappa shape index (κ1) is 27.2. The molecule has 0 aromatic carbocycles. The van der Waals surface area contributed by atoms with E-state index in [4.69, 9.17) is 4.74 Å². The second-order valence-corrected chi connectivity index (χ2v) is 8.32. The molecule has 0 spiro atoms. The normalized spacial score (nSPS) is 11.4. The quantitative estimate of drug-likeness (QED) is 0.104. The molecule has 0 atom stereocenters. The highest BCUT2D eigenvalue weighted by Crippen LogP contribution is 2.10. The third-order valence-corrected chi connectivity index (χ3v) is 5.40. The maximum absolute atomic E-state index is 11.7. The van der Waals surface area contributed by atoms with E-state index in [1.165, 1.54) is 109 Å². The smallest absolute Gasteiger partial charge is 0.305 e. The van der Waals surface area contributed by atoms with Crippen molar-refractivity contribution in [2.24, 2.45) is 0 Å². The molecule has 0 N–H and O–H groups in total. The average molecular weight is 395 g/mol. The topological polar surface area (TPSA) is 26.3 Å². The van der Waals surface area contributed by atoms with Crippen LogP contribution in [-0.2, 0) is 9.53 Å². The van der Waals surface area contributed by atoms with Gasteiger partial charge in [-0.05, 0) is 38.5 Å². The van der Waals surface area contributed by atoms with Crippen LogP contribution >= 0.6 is 0 Å². The van der Waals surface area contributed by atoms with Gasteiger partial charge in [0.2, 0.25) is 0 Å². The fraction of sp³-hybridized carbons (Fsp3) is 0.885. The van der Waals surface area contributed by atoms with Gasteiger partial charge in [-0.2, -0.15) is 0 Å². The van der Waals surface area contributed by atoms with Gasteiger partial charge in [0.05, 0.1) is 6.61 Å². The van der Waals surface area contributed by atoms with Crippen LogP contribution in [0.5, 0.6) is 0 Å². The highest BCUT2D eigenvalue weighted by Gasteiger charge is 2.02. The minimum Gasteiger partial charge on any atom is -0.466 e. The number of ether oxygens (including phenoxy) is 1. The maximum atomic E-state index is 11.7. The Balaban J connectivity index is 3.18.